The molecule has 0 N–H and O–H groups in total. The molecule has 0 amide bonds. The Morgan fingerprint density at radius 3 is 2.33 bits per heavy atom. The van der Waals surface area contributed by atoms with E-state index in [0.29, 0.717) is 6.04 Å². The van der Waals surface area contributed by atoms with E-state index in [4.69, 9.17) is 0 Å². The van der Waals surface area contributed by atoms with Crippen molar-refractivity contribution in [2.24, 2.45) is 5.92 Å². The van der Waals surface area contributed by atoms with Crippen LogP contribution in [0.5, 0.6) is 0 Å². The zero-order chi connectivity index (χ0) is 17.2. The molecule has 2 rings (SSSR count). The largest absolute Gasteiger partial charge is 0.371 e. The van der Waals surface area contributed by atoms with Crippen LogP contribution in [0.3, 0.4) is 0 Å². The number of hydrogen-bond acceptors (Lipinski definition) is 2. The second kappa shape index (κ2) is 11.4. The first kappa shape index (κ1) is 21.8. The molecule has 1 heterocycles. The molecule has 0 saturated heterocycles. The molecule has 1 aliphatic heterocycles. The quantitative estimate of drug-likeness (QED) is 0.677. The number of hydrogen-bond donors (Lipinski definition) is 0. The number of nitrogens with zero attached hydrogens (tertiary/aromatic N) is 1. The van der Waals surface area contributed by atoms with E-state index in [9.17, 15) is 9.18 Å². The highest BCUT2D eigenvalue weighted by molar-refractivity contribution is 5.74. The molecule has 0 aliphatic carbocycles. The van der Waals surface area contributed by atoms with Crippen molar-refractivity contribution in [3.8, 4) is 0 Å². The van der Waals surface area contributed by atoms with Crippen molar-refractivity contribution < 1.29 is 9.18 Å². The van der Waals surface area contributed by atoms with Crippen LogP contribution in [-0.4, -0.2) is 23.8 Å². The smallest absolute Gasteiger partial charge is 0.148 e. The SMILES string of the molecule is C.C/C1=C/C=C\CN(C(C)C)/C=C(/C=O)C1C.Fc1ccccc1. The third kappa shape index (κ3) is 7.40. The molecule has 1 unspecified atom stereocenters. The fraction of sp³-hybridized carbons (Fsp3) is 0.381. The minimum absolute atomic E-state index is 0. The normalized spacial score (nSPS) is 22.9. The van der Waals surface area contributed by atoms with Crippen molar-refractivity contribution in [3.63, 3.8) is 0 Å². The molecule has 0 radical (unpaired) electrons. The summed E-state index contributed by atoms with van der Waals surface area (Å²) in [4.78, 5) is 13.3. The van der Waals surface area contributed by atoms with Gasteiger partial charge in [0.25, 0.3) is 0 Å². The molecule has 0 spiro atoms. The van der Waals surface area contributed by atoms with E-state index in [1.807, 2.05) is 6.20 Å². The van der Waals surface area contributed by atoms with Gasteiger partial charge in [-0.05, 0) is 32.9 Å². The van der Waals surface area contributed by atoms with Crippen LogP contribution >= 0.6 is 0 Å². The Hall–Kier alpha value is -2.16. The number of allylic oxidation sites excluding steroid dienone is 4. The van der Waals surface area contributed by atoms with Crippen LogP contribution in [0.4, 0.5) is 4.39 Å². The Kier molecular flexibility index (Phi) is 10.4. The predicted octanol–water partition coefficient (Wildman–Crippen LogP) is 5.39. The van der Waals surface area contributed by atoms with E-state index >= 15 is 0 Å². The van der Waals surface area contributed by atoms with E-state index in [-0.39, 0.29) is 19.2 Å². The van der Waals surface area contributed by atoms with Gasteiger partial charge in [0.2, 0.25) is 0 Å². The van der Waals surface area contributed by atoms with E-state index in [1.54, 1.807) is 18.2 Å². The zero-order valence-electron chi connectivity index (χ0n) is 14.4. The van der Waals surface area contributed by atoms with Crippen LogP contribution in [0.2, 0.25) is 0 Å². The van der Waals surface area contributed by atoms with Gasteiger partial charge in [0.05, 0.1) is 0 Å². The lowest BCUT2D eigenvalue weighted by Crippen LogP contribution is -2.26. The van der Waals surface area contributed by atoms with Crippen LogP contribution in [-0.2, 0) is 4.79 Å². The highest BCUT2D eigenvalue weighted by atomic mass is 19.1. The minimum atomic E-state index is -0.178. The first-order valence-corrected chi connectivity index (χ1v) is 7.92. The van der Waals surface area contributed by atoms with Crippen LogP contribution in [0.1, 0.15) is 35.1 Å². The molecule has 1 aromatic rings. The standard InChI is InChI=1S/C14H21NO.C6H5F.CH4/c1-11(2)15-8-6-5-7-12(3)13(4)14(9-15)10-16;7-6-4-2-1-3-5-6;/h5-7,9-11,13H,8H2,1-4H3;1-5H;1H4/b6-5-,12-7-,14-9-;;. The second-order valence-corrected chi connectivity index (χ2v) is 5.89. The van der Waals surface area contributed by atoms with Crippen molar-refractivity contribution in [2.75, 3.05) is 6.54 Å². The average molecular weight is 331 g/mol. The molecule has 0 fully saturated rings. The highest BCUT2D eigenvalue weighted by Crippen LogP contribution is 2.20. The predicted molar refractivity (Wildman–Crippen MR) is 101 cm³/mol. The van der Waals surface area contributed by atoms with Gasteiger partial charge in [0, 0.05) is 30.3 Å². The van der Waals surface area contributed by atoms with Gasteiger partial charge >= 0.3 is 0 Å². The van der Waals surface area contributed by atoms with Gasteiger partial charge in [-0.1, -0.05) is 56.4 Å². The van der Waals surface area contributed by atoms with Gasteiger partial charge in [-0.15, -0.1) is 0 Å². The average Bonchev–Trinajstić information content (AvgIpc) is 2.60. The molecule has 1 atom stereocenters. The Bertz CT molecular complexity index is 573. The molecular weight excluding hydrogens is 301 g/mol. The van der Waals surface area contributed by atoms with Crippen LogP contribution in [0.15, 0.2) is 65.9 Å². The molecule has 0 bridgehead atoms. The first-order valence-electron chi connectivity index (χ1n) is 7.92. The lowest BCUT2D eigenvalue weighted by atomic mass is 9.95. The summed E-state index contributed by atoms with van der Waals surface area (Å²) >= 11 is 0. The fourth-order valence-electron chi connectivity index (χ4n) is 2.07. The van der Waals surface area contributed by atoms with Crippen molar-refractivity contribution in [3.05, 3.63) is 71.7 Å². The molecular formula is C21H30FNO. The van der Waals surface area contributed by atoms with Gasteiger partial charge in [-0.25, -0.2) is 4.39 Å². The topological polar surface area (TPSA) is 20.3 Å². The van der Waals surface area contributed by atoms with Crippen LogP contribution in [0.25, 0.3) is 0 Å². The molecule has 1 aromatic carbocycles. The molecule has 2 nitrogen and oxygen atoms in total. The third-order valence-corrected chi connectivity index (χ3v) is 3.84. The van der Waals surface area contributed by atoms with Crippen molar-refractivity contribution in [2.45, 2.75) is 41.2 Å². The third-order valence-electron chi connectivity index (χ3n) is 3.84. The van der Waals surface area contributed by atoms with Gasteiger partial charge < -0.3 is 4.90 Å². The van der Waals surface area contributed by atoms with E-state index in [0.717, 1.165) is 18.4 Å². The first-order chi connectivity index (χ1) is 11.0. The molecule has 24 heavy (non-hydrogen) atoms. The van der Waals surface area contributed by atoms with Crippen molar-refractivity contribution in [1.82, 2.24) is 4.90 Å². The minimum Gasteiger partial charge on any atom is -0.371 e. The Balaban J connectivity index is 0.000000555. The Morgan fingerprint density at radius 2 is 1.88 bits per heavy atom. The Labute approximate surface area is 146 Å². The van der Waals surface area contributed by atoms with Gasteiger partial charge in [0.15, 0.2) is 0 Å². The molecule has 132 valence electrons. The molecule has 1 aliphatic rings. The maximum Gasteiger partial charge on any atom is 0.148 e. The van der Waals surface area contributed by atoms with Crippen LogP contribution in [0, 0.1) is 11.7 Å². The van der Waals surface area contributed by atoms with Gasteiger partial charge in [0.1, 0.15) is 12.1 Å². The summed E-state index contributed by atoms with van der Waals surface area (Å²) in [6.45, 7) is 9.26. The zero-order valence-corrected chi connectivity index (χ0v) is 14.4. The second-order valence-electron chi connectivity index (χ2n) is 5.89. The van der Waals surface area contributed by atoms with E-state index < -0.39 is 0 Å². The maximum atomic E-state index is 11.9. The van der Waals surface area contributed by atoms with Crippen molar-refractivity contribution >= 4 is 6.29 Å². The summed E-state index contributed by atoms with van der Waals surface area (Å²) in [6, 6.07) is 8.35. The fourth-order valence-corrected chi connectivity index (χ4v) is 2.07. The summed E-state index contributed by atoms with van der Waals surface area (Å²) in [5.41, 5.74) is 2.08. The number of carbonyl (C=O) groups is 1. The monoisotopic (exact) mass is 331 g/mol. The summed E-state index contributed by atoms with van der Waals surface area (Å²) in [7, 11) is 0. The molecule has 0 aromatic heterocycles. The number of halogens is 1. The van der Waals surface area contributed by atoms with Crippen molar-refractivity contribution in [1.29, 1.82) is 0 Å². The summed E-state index contributed by atoms with van der Waals surface area (Å²) in [5.74, 6) is 0.0176. The van der Waals surface area contributed by atoms with E-state index in [2.05, 4.69) is 50.8 Å². The molecule has 3 heteroatoms. The Morgan fingerprint density at radius 1 is 1.25 bits per heavy atom. The summed E-state index contributed by atoms with van der Waals surface area (Å²) in [6.07, 6.45) is 9.26. The van der Waals surface area contributed by atoms with Crippen LogP contribution < -0.4 is 0 Å². The summed E-state index contributed by atoms with van der Waals surface area (Å²) in [5, 5.41) is 0. The molecule has 0 saturated carbocycles. The van der Waals surface area contributed by atoms with Gasteiger partial charge in [-0.2, -0.15) is 0 Å². The number of rotatable bonds is 2. The lowest BCUT2D eigenvalue weighted by Gasteiger charge is -2.25. The van der Waals surface area contributed by atoms with Gasteiger partial charge in [-0.3, -0.25) is 4.79 Å². The lowest BCUT2D eigenvalue weighted by molar-refractivity contribution is -0.105. The number of aldehydes is 1. The highest BCUT2D eigenvalue weighted by Gasteiger charge is 2.13. The van der Waals surface area contributed by atoms with E-state index in [1.165, 1.54) is 17.7 Å². The maximum absolute atomic E-state index is 11.9. The number of benzene rings is 1. The number of carbonyl (C=O) groups excluding carboxylic acids is 1. The summed E-state index contributed by atoms with van der Waals surface area (Å²) < 4.78 is 11.9.